The van der Waals surface area contributed by atoms with Crippen LogP contribution in [0.5, 0.6) is 5.75 Å². The van der Waals surface area contributed by atoms with E-state index in [2.05, 4.69) is 10.3 Å². The number of carbonyl (C=O) groups is 1. The van der Waals surface area contributed by atoms with Crippen molar-refractivity contribution in [2.75, 3.05) is 5.32 Å². The van der Waals surface area contributed by atoms with Crippen molar-refractivity contribution in [3.05, 3.63) is 106 Å². The molecule has 30 heavy (non-hydrogen) atoms. The summed E-state index contributed by atoms with van der Waals surface area (Å²) in [5, 5.41) is 3.82. The number of ether oxygens (including phenoxy) is 1. The molecule has 0 unspecified atom stereocenters. The zero-order chi connectivity index (χ0) is 20.9. The molecule has 0 aliphatic carbocycles. The maximum Gasteiger partial charge on any atom is 0.251 e. The van der Waals surface area contributed by atoms with E-state index in [0.717, 1.165) is 27.8 Å². The van der Waals surface area contributed by atoms with Crippen molar-refractivity contribution in [1.82, 2.24) is 4.98 Å². The van der Waals surface area contributed by atoms with E-state index in [0.29, 0.717) is 17.9 Å². The molecule has 4 aromatic rings. The monoisotopic (exact) mass is 398 g/mol. The number of pyridine rings is 1. The van der Waals surface area contributed by atoms with Crippen LogP contribution in [0.25, 0.3) is 10.9 Å². The minimum Gasteiger partial charge on any atom is -0.489 e. The van der Waals surface area contributed by atoms with Crippen LogP contribution in [0.3, 0.4) is 0 Å². The summed E-state index contributed by atoms with van der Waals surface area (Å²) in [6.07, 6.45) is 0.250. The van der Waals surface area contributed by atoms with Gasteiger partial charge in [-0.1, -0.05) is 36.4 Å². The molecule has 1 aromatic heterocycles. The van der Waals surface area contributed by atoms with Gasteiger partial charge in [0.25, 0.3) is 5.56 Å². The van der Waals surface area contributed by atoms with Gasteiger partial charge in [0.1, 0.15) is 12.4 Å². The van der Waals surface area contributed by atoms with E-state index in [4.69, 9.17) is 4.74 Å². The maximum absolute atomic E-state index is 12.4. The topological polar surface area (TPSA) is 71.2 Å². The molecular formula is C25H22N2O3. The number of hydrogen-bond donors (Lipinski definition) is 2. The van der Waals surface area contributed by atoms with Gasteiger partial charge in [0.2, 0.25) is 5.91 Å². The van der Waals surface area contributed by atoms with Crippen molar-refractivity contribution in [2.24, 2.45) is 0 Å². The third kappa shape index (κ3) is 4.75. The molecule has 150 valence electrons. The number of H-pyrrole nitrogens is 1. The van der Waals surface area contributed by atoms with Gasteiger partial charge in [-0.3, -0.25) is 9.59 Å². The largest absolute Gasteiger partial charge is 0.489 e. The summed E-state index contributed by atoms with van der Waals surface area (Å²) in [6.45, 7) is 2.27. The molecule has 0 saturated carbocycles. The quantitative estimate of drug-likeness (QED) is 0.499. The molecule has 2 N–H and O–H groups in total. The number of amides is 1. The van der Waals surface area contributed by atoms with Gasteiger partial charge in [0.05, 0.1) is 6.42 Å². The van der Waals surface area contributed by atoms with Crippen molar-refractivity contribution in [2.45, 2.75) is 20.0 Å². The lowest BCUT2D eigenvalue weighted by Crippen LogP contribution is -2.14. The molecule has 4 rings (SSSR count). The molecule has 1 heterocycles. The molecule has 0 bridgehead atoms. The van der Waals surface area contributed by atoms with Gasteiger partial charge >= 0.3 is 0 Å². The lowest BCUT2D eigenvalue weighted by atomic mass is 10.1. The van der Waals surface area contributed by atoms with Crippen molar-refractivity contribution < 1.29 is 9.53 Å². The molecule has 0 radical (unpaired) electrons. The molecular weight excluding hydrogens is 376 g/mol. The van der Waals surface area contributed by atoms with Gasteiger partial charge in [-0.25, -0.2) is 0 Å². The molecule has 1 amide bonds. The molecule has 3 aromatic carbocycles. The van der Waals surface area contributed by atoms with E-state index in [1.54, 1.807) is 6.92 Å². The fourth-order valence-corrected chi connectivity index (χ4v) is 3.24. The Bertz CT molecular complexity index is 1230. The van der Waals surface area contributed by atoms with Crippen LogP contribution in [0.15, 0.2) is 83.7 Å². The van der Waals surface area contributed by atoms with Crippen LogP contribution in [-0.2, 0) is 17.8 Å². The van der Waals surface area contributed by atoms with Gasteiger partial charge in [0.15, 0.2) is 0 Å². The summed E-state index contributed by atoms with van der Waals surface area (Å²) < 4.78 is 5.77. The molecule has 0 atom stereocenters. The zero-order valence-corrected chi connectivity index (χ0v) is 16.6. The Morgan fingerprint density at radius 1 is 0.933 bits per heavy atom. The minimum absolute atomic E-state index is 0.0933. The summed E-state index contributed by atoms with van der Waals surface area (Å²) >= 11 is 0. The highest BCUT2D eigenvalue weighted by atomic mass is 16.5. The van der Waals surface area contributed by atoms with Gasteiger partial charge < -0.3 is 15.0 Å². The van der Waals surface area contributed by atoms with E-state index < -0.39 is 0 Å². The first-order valence-corrected chi connectivity index (χ1v) is 9.76. The first kappa shape index (κ1) is 19.5. The average molecular weight is 398 g/mol. The van der Waals surface area contributed by atoms with Crippen molar-refractivity contribution in [3.63, 3.8) is 0 Å². The Morgan fingerprint density at radius 2 is 1.70 bits per heavy atom. The van der Waals surface area contributed by atoms with Crippen molar-refractivity contribution in [3.8, 4) is 5.75 Å². The number of aryl methyl sites for hydroxylation is 1. The number of carbonyl (C=O) groups excluding carboxylic acids is 1. The molecule has 5 heteroatoms. The SMILES string of the molecule is Cc1cc2cc(CC(=O)Nc3ccc(OCc4ccccc4)cc3)ccc2[nH]c1=O. The van der Waals surface area contributed by atoms with Crippen LogP contribution in [0.2, 0.25) is 0 Å². The fourth-order valence-electron chi connectivity index (χ4n) is 3.24. The van der Waals surface area contributed by atoms with E-state index >= 15 is 0 Å². The van der Waals surface area contributed by atoms with E-state index in [1.807, 2.05) is 78.9 Å². The van der Waals surface area contributed by atoms with Crippen LogP contribution < -0.4 is 15.6 Å². The second-order valence-corrected chi connectivity index (χ2v) is 7.23. The Hall–Kier alpha value is -3.86. The van der Waals surface area contributed by atoms with E-state index in [-0.39, 0.29) is 17.9 Å². The average Bonchev–Trinajstić information content (AvgIpc) is 2.75. The highest BCUT2D eigenvalue weighted by Gasteiger charge is 2.07. The predicted octanol–water partition coefficient (Wildman–Crippen LogP) is 4.60. The fraction of sp³-hybridized carbons (Fsp3) is 0.120. The Balaban J connectivity index is 1.36. The number of aromatic nitrogens is 1. The summed E-state index contributed by atoms with van der Waals surface area (Å²) in [5.74, 6) is 0.643. The molecule has 5 nitrogen and oxygen atoms in total. The molecule has 0 saturated heterocycles. The number of fused-ring (bicyclic) bond motifs is 1. The molecule has 0 aliphatic rings. The standard InChI is InChI=1S/C25H22N2O3/c1-17-13-20-14-19(7-12-23(20)27-25(17)29)15-24(28)26-21-8-10-22(11-9-21)30-16-18-5-3-2-4-6-18/h2-14H,15-16H2,1H3,(H,26,28)(H,27,29). The molecule has 0 fully saturated rings. The van der Waals surface area contributed by atoms with E-state index in [9.17, 15) is 9.59 Å². The number of aromatic amines is 1. The minimum atomic E-state index is -0.103. The van der Waals surface area contributed by atoms with Gasteiger partial charge in [-0.05, 0) is 65.9 Å². The van der Waals surface area contributed by atoms with Gasteiger partial charge in [-0.2, -0.15) is 0 Å². The molecule has 0 spiro atoms. The smallest absolute Gasteiger partial charge is 0.251 e. The van der Waals surface area contributed by atoms with Crippen LogP contribution in [0.4, 0.5) is 5.69 Å². The number of nitrogens with one attached hydrogen (secondary N) is 2. The van der Waals surface area contributed by atoms with Crippen molar-refractivity contribution >= 4 is 22.5 Å². The highest BCUT2D eigenvalue weighted by molar-refractivity contribution is 5.93. The van der Waals surface area contributed by atoms with E-state index in [1.165, 1.54) is 0 Å². The lowest BCUT2D eigenvalue weighted by molar-refractivity contribution is -0.115. The van der Waals surface area contributed by atoms with Crippen LogP contribution in [0, 0.1) is 6.92 Å². The Labute approximate surface area is 174 Å². The Morgan fingerprint density at radius 3 is 2.47 bits per heavy atom. The highest BCUT2D eigenvalue weighted by Crippen LogP contribution is 2.18. The summed E-state index contributed by atoms with van der Waals surface area (Å²) in [6, 6.07) is 24.7. The molecule has 0 aliphatic heterocycles. The predicted molar refractivity (Wildman–Crippen MR) is 119 cm³/mol. The number of rotatable bonds is 6. The van der Waals surface area contributed by atoms with Gasteiger partial charge in [0, 0.05) is 16.8 Å². The normalized spacial score (nSPS) is 10.7. The summed E-state index contributed by atoms with van der Waals surface area (Å²) in [5.41, 5.74) is 4.02. The third-order valence-corrected chi connectivity index (χ3v) is 4.85. The first-order chi connectivity index (χ1) is 14.6. The van der Waals surface area contributed by atoms with Crippen LogP contribution >= 0.6 is 0 Å². The number of benzene rings is 3. The van der Waals surface area contributed by atoms with Crippen LogP contribution in [0.1, 0.15) is 16.7 Å². The second-order valence-electron chi connectivity index (χ2n) is 7.23. The third-order valence-electron chi connectivity index (χ3n) is 4.85. The second kappa shape index (κ2) is 8.66. The summed E-state index contributed by atoms with van der Waals surface area (Å²) in [4.78, 5) is 27.0. The maximum atomic E-state index is 12.4. The van der Waals surface area contributed by atoms with Gasteiger partial charge in [-0.15, -0.1) is 0 Å². The summed E-state index contributed by atoms with van der Waals surface area (Å²) in [7, 11) is 0. The number of anilines is 1. The lowest BCUT2D eigenvalue weighted by Gasteiger charge is -2.09. The number of hydrogen-bond acceptors (Lipinski definition) is 3. The van der Waals surface area contributed by atoms with Crippen molar-refractivity contribution in [1.29, 1.82) is 0 Å². The van der Waals surface area contributed by atoms with Crippen LogP contribution in [-0.4, -0.2) is 10.9 Å². The first-order valence-electron chi connectivity index (χ1n) is 9.76. The Kier molecular flexibility index (Phi) is 5.61. The zero-order valence-electron chi connectivity index (χ0n) is 16.6.